The van der Waals surface area contributed by atoms with Crippen molar-refractivity contribution in [2.45, 2.75) is 31.7 Å². The van der Waals surface area contributed by atoms with E-state index in [1.54, 1.807) is 0 Å². The summed E-state index contributed by atoms with van der Waals surface area (Å²) in [4.78, 5) is 14.2. The van der Waals surface area contributed by atoms with E-state index in [-0.39, 0.29) is 6.03 Å². The van der Waals surface area contributed by atoms with Gasteiger partial charge in [0.25, 0.3) is 0 Å². The highest BCUT2D eigenvalue weighted by molar-refractivity contribution is 5.89. The van der Waals surface area contributed by atoms with Gasteiger partial charge in [-0.2, -0.15) is 0 Å². The van der Waals surface area contributed by atoms with Crippen molar-refractivity contribution in [2.75, 3.05) is 18.4 Å². The molecule has 2 amide bonds. The van der Waals surface area contributed by atoms with Crippen LogP contribution in [0.1, 0.15) is 25.7 Å². The van der Waals surface area contributed by atoms with Crippen LogP contribution in [0.5, 0.6) is 0 Å². The summed E-state index contributed by atoms with van der Waals surface area (Å²) >= 11 is 0. The molecule has 2 rings (SSSR count). The Morgan fingerprint density at radius 2 is 2.11 bits per heavy atom. The fraction of sp³-hybridized carbons (Fsp3) is 0.500. The zero-order chi connectivity index (χ0) is 12.8. The molecule has 0 saturated carbocycles. The number of hydrogen-bond donors (Lipinski definition) is 2. The van der Waals surface area contributed by atoms with Crippen molar-refractivity contribution in [3.05, 3.63) is 30.3 Å². The van der Waals surface area contributed by atoms with Crippen LogP contribution in [0.2, 0.25) is 0 Å². The van der Waals surface area contributed by atoms with Crippen molar-refractivity contribution in [1.82, 2.24) is 4.90 Å². The summed E-state index contributed by atoms with van der Waals surface area (Å²) in [5.41, 5.74) is 6.46. The first-order valence-electron chi connectivity index (χ1n) is 6.64. The molecule has 1 unspecified atom stereocenters. The monoisotopic (exact) mass is 247 g/mol. The first-order chi connectivity index (χ1) is 8.81. The molecule has 1 atom stereocenters. The molecule has 0 aromatic heterocycles. The van der Waals surface area contributed by atoms with Gasteiger partial charge in [-0.1, -0.05) is 18.2 Å². The fourth-order valence-corrected chi connectivity index (χ4v) is 2.48. The smallest absolute Gasteiger partial charge is 0.322 e. The average molecular weight is 247 g/mol. The molecule has 0 radical (unpaired) electrons. The van der Waals surface area contributed by atoms with Crippen LogP contribution in [0, 0.1) is 0 Å². The number of nitrogens with one attached hydrogen (secondary N) is 1. The Balaban J connectivity index is 1.98. The van der Waals surface area contributed by atoms with Gasteiger partial charge < -0.3 is 16.0 Å². The number of para-hydroxylation sites is 1. The zero-order valence-corrected chi connectivity index (χ0v) is 10.6. The van der Waals surface area contributed by atoms with Crippen LogP contribution >= 0.6 is 0 Å². The van der Waals surface area contributed by atoms with Crippen LogP contribution in [0.3, 0.4) is 0 Å². The molecule has 1 heterocycles. The van der Waals surface area contributed by atoms with Gasteiger partial charge >= 0.3 is 6.03 Å². The summed E-state index contributed by atoms with van der Waals surface area (Å²) in [7, 11) is 0. The van der Waals surface area contributed by atoms with Crippen molar-refractivity contribution in [3.63, 3.8) is 0 Å². The Morgan fingerprint density at radius 3 is 2.83 bits per heavy atom. The standard InChI is InChI=1S/C14H21N3O/c15-10-9-13-8-4-5-11-17(13)14(18)16-12-6-2-1-3-7-12/h1-3,6-7,13H,4-5,8-11,15H2,(H,16,18). The number of piperidine rings is 1. The molecule has 1 saturated heterocycles. The maximum atomic E-state index is 12.2. The molecular weight excluding hydrogens is 226 g/mol. The van der Waals surface area contributed by atoms with E-state index in [2.05, 4.69) is 5.32 Å². The Morgan fingerprint density at radius 1 is 1.33 bits per heavy atom. The van der Waals surface area contributed by atoms with Gasteiger partial charge in [0.2, 0.25) is 0 Å². The summed E-state index contributed by atoms with van der Waals surface area (Å²) in [6, 6.07) is 9.88. The van der Waals surface area contributed by atoms with Crippen molar-refractivity contribution in [3.8, 4) is 0 Å². The van der Waals surface area contributed by atoms with E-state index in [1.807, 2.05) is 35.2 Å². The van der Waals surface area contributed by atoms with E-state index < -0.39 is 0 Å². The number of urea groups is 1. The minimum absolute atomic E-state index is 0.000602. The highest BCUT2D eigenvalue weighted by Crippen LogP contribution is 2.20. The lowest BCUT2D eigenvalue weighted by Crippen LogP contribution is -2.46. The van der Waals surface area contributed by atoms with Crippen LogP contribution in [0.25, 0.3) is 0 Å². The summed E-state index contributed by atoms with van der Waals surface area (Å²) in [5.74, 6) is 0. The second-order valence-electron chi connectivity index (χ2n) is 4.72. The molecular formula is C14H21N3O. The van der Waals surface area contributed by atoms with E-state index in [9.17, 15) is 4.79 Å². The minimum atomic E-state index is -0.000602. The van der Waals surface area contributed by atoms with E-state index in [0.717, 1.165) is 31.5 Å². The first-order valence-corrected chi connectivity index (χ1v) is 6.64. The molecule has 1 aliphatic heterocycles. The number of benzene rings is 1. The van der Waals surface area contributed by atoms with Crippen LogP contribution in [0.4, 0.5) is 10.5 Å². The molecule has 18 heavy (non-hydrogen) atoms. The number of amides is 2. The minimum Gasteiger partial charge on any atom is -0.330 e. The van der Waals surface area contributed by atoms with Gasteiger partial charge in [-0.3, -0.25) is 0 Å². The van der Waals surface area contributed by atoms with Gasteiger partial charge in [-0.05, 0) is 44.4 Å². The molecule has 0 bridgehead atoms. The molecule has 0 aliphatic carbocycles. The van der Waals surface area contributed by atoms with Gasteiger partial charge in [0.15, 0.2) is 0 Å². The van der Waals surface area contributed by atoms with Crippen molar-refractivity contribution in [2.24, 2.45) is 5.73 Å². The zero-order valence-electron chi connectivity index (χ0n) is 10.6. The van der Waals surface area contributed by atoms with E-state index >= 15 is 0 Å². The second-order valence-corrected chi connectivity index (χ2v) is 4.72. The van der Waals surface area contributed by atoms with Gasteiger partial charge in [0.05, 0.1) is 0 Å². The predicted octanol–water partition coefficient (Wildman–Crippen LogP) is 2.42. The van der Waals surface area contributed by atoms with E-state index in [4.69, 9.17) is 5.73 Å². The molecule has 1 aromatic carbocycles. The molecule has 1 aromatic rings. The number of nitrogens with two attached hydrogens (primary N) is 1. The molecule has 1 fully saturated rings. The van der Waals surface area contributed by atoms with Crippen LogP contribution in [-0.2, 0) is 0 Å². The number of carbonyl (C=O) groups excluding carboxylic acids is 1. The first kappa shape index (κ1) is 12.9. The Kier molecular flexibility index (Phi) is 4.59. The van der Waals surface area contributed by atoms with E-state index in [1.165, 1.54) is 6.42 Å². The number of anilines is 1. The molecule has 4 heteroatoms. The third kappa shape index (κ3) is 3.23. The second kappa shape index (κ2) is 6.40. The molecule has 0 spiro atoms. The van der Waals surface area contributed by atoms with Crippen LogP contribution in [0.15, 0.2) is 30.3 Å². The fourth-order valence-electron chi connectivity index (χ4n) is 2.48. The van der Waals surface area contributed by atoms with Crippen molar-refractivity contribution in [1.29, 1.82) is 0 Å². The van der Waals surface area contributed by atoms with Gasteiger partial charge in [-0.25, -0.2) is 4.79 Å². The predicted molar refractivity (Wildman–Crippen MR) is 73.5 cm³/mol. The summed E-state index contributed by atoms with van der Waals surface area (Å²) in [6.07, 6.45) is 4.24. The number of likely N-dealkylation sites (tertiary alicyclic amines) is 1. The Bertz CT molecular complexity index is 378. The third-order valence-electron chi connectivity index (χ3n) is 3.41. The molecule has 98 valence electrons. The lowest BCUT2D eigenvalue weighted by molar-refractivity contribution is 0.159. The van der Waals surface area contributed by atoms with Crippen molar-refractivity contribution < 1.29 is 4.79 Å². The summed E-state index contributed by atoms with van der Waals surface area (Å²) in [5, 5.41) is 2.95. The normalized spacial score (nSPS) is 19.6. The third-order valence-corrected chi connectivity index (χ3v) is 3.41. The van der Waals surface area contributed by atoms with Gasteiger partial charge in [0.1, 0.15) is 0 Å². The summed E-state index contributed by atoms with van der Waals surface area (Å²) < 4.78 is 0. The Hall–Kier alpha value is -1.55. The number of nitrogens with zero attached hydrogens (tertiary/aromatic N) is 1. The molecule has 1 aliphatic rings. The lowest BCUT2D eigenvalue weighted by Gasteiger charge is -2.35. The van der Waals surface area contributed by atoms with Gasteiger partial charge in [0, 0.05) is 18.3 Å². The topological polar surface area (TPSA) is 58.4 Å². The number of carbonyl (C=O) groups is 1. The SMILES string of the molecule is NCCC1CCCCN1C(=O)Nc1ccccc1. The molecule has 3 N–H and O–H groups in total. The van der Waals surface area contributed by atoms with E-state index in [0.29, 0.717) is 12.6 Å². The highest BCUT2D eigenvalue weighted by Gasteiger charge is 2.25. The molecule has 4 nitrogen and oxygen atoms in total. The van der Waals surface area contributed by atoms with Crippen LogP contribution < -0.4 is 11.1 Å². The van der Waals surface area contributed by atoms with Crippen molar-refractivity contribution >= 4 is 11.7 Å². The largest absolute Gasteiger partial charge is 0.330 e. The number of hydrogen-bond acceptors (Lipinski definition) is 2. The number of rotatable bonds is 3. The quantitative estimate of drug-likeness (QED) is 0.861. The maximum Gasteiger partial charge on any atom is 0.322 e. The summed E-state index contributed by atoms with van der Waals surface area (Å²) in [6.45, 7) is 1.48. The maximum absolute atomic E-state index is 12.2. The average Bonchev–Trinajstić information content (AvgIpc) is 2.41. The highest BCUT2D eigenvalue weighted by atomic mass is 16.2. The lowest BCUT2D eigenvalue weighted by atomic mass is 10.00. The van der Waals surface area contributed by atoms with Gasteiger partial charge in [-0.15, -0.1) is 0 Å². The Labute approximate surface area is 108 Å². The van der Waals surface area contributed by atoms with Crippen LogP contribution in [-0.4, -0.2) is 30.1 Å².